The Morgan fingerprint density at radius 1 is 1.13 bits per heavy atom. The van der Waals surface area contributed by atoms with Crippen LogP contribution in [0.2, 0.25) is 0 Å². The summed E-state index contributed by atoms with van der Waals surface area (Å²) < 4.78 is 41.1. The number of piperazine rings is 1. The zero-order valence-corrected chi connectivity index (χ0v) is 16.6. The van der Waals surface area contributed by atoms with Crippen LogP contribution in [0.4, 0.5) is 13.2 Å². The second kappa shape index (κ2) is 7.09. The lowest BCUT2D eigenvalue weighted by Gasteiger charge is -2.32. The molecule has 0 saturated carbocycles. The molecule has 1 saturated heterocycles. The Morgan fingerprint density at radius 2 is 1.90 bits per heavy atom. The Balaban J connectivity index is 1.56. The first-order valence-corrected chi connectivity index (χ1v) is 9.81. The summed E-state index contributed by atoms with van der Waals surface area (Å²) in [5, 5.41) is 4.64. The van der Waals surface area contributed by atoms with Crippen LogP contribution < -0.4 is 0 Å². The van der Waals surface area contributed by atoms with Gasteiger partial charge in [-0.1, -0.05) is 0 Å². The lowest BCUT2D eigenvalue weighted by atomic mass is 10.0. The van der Waals surface area contributed by atoms with E-state index in [9.17, 15) is 18.0 Å². The Bertz CT molecular complexity index is 1280. The van der Waals surface area contributed by atoms with Gasteiger partial charge < -0.3 is 14.8 Å². The first-order chi connectivity index (χ1) is 14.8. The number of halogens is 3. The van der Waals surface area contributed by atoms with Gasteiger partial charge in [-0.15, -0.1) is 0 Å². The Morgan fingerprint density at radius 3 is 2.65 bits per heavy atom. The Hall–Kier alpha value is -3.40. The van der Waals surface area contributed by atoms with E-state index in [0.717, 1.165) is 25.4 Å². The fourth-order valence-corrected chi connectivity index (χ4v) is 3.89. The third kappa shape index (κ3) is 3.42. The summed E-state index contributed by atoms with van der Waals surface area (Å²) in [6.07, 6.45) is 1.20. The van der Waals surface area contributed by atoms with Crippen molar-refractivity contribution in [2.75, 3.05) is 33.2 Å². The molecule has 31 heavy (non-hydrogen) atoms. The fraction of sp³-hybridized carbons (Fsp3) is 0.286. The van der Waals surface area contributed by atoms with E-state index in [1.807, 2.05) is 7.05 Å². The molecule has 0 spiro atoms. The van der Waals surface area contributed by atoms with Crippen molar-refractivity contribution in [1.29, 1.82) is 0 Å². The highest BCUT2D eigenvalue weighted by atomic mass is 19.4. The molecule has 1 N–H and O–H groups in total. The summed E-state index contributed by atoms with van der Waals surface area (Å²) in [4.78, 5) is 23.8. The molecule has 10 heteroatoms. The van der Waals surface area contributed by atoms with Gasteiger partial charge in [0.2, 0.25) is 0 Å². The van der Waals surface area contributed by atoms with Crippen molar-refractivity contribution in [1.82, 2.24) is 29.4 Å². The highest BCUT2D eigenvalue weighted by molar-refractivity contribution is 6.02. The molecule has 5 heterocycles. The maximum absolute atomic E-state index is 13.2. The topological polar surface area (TPSA) is 69.5 Å². The van der Waals surface area contributed by atoms with Crippen LogP contribution in [0.5, 0.6) is 0 Å². The van der Waals surface area contributed by atoms with Crippen molar-refractivity contribution in [2.24, 2.45) is 0 Å². The van der Waals surface area contributed by atoms with Crippen LogP contribution >= 0.6 is 0 Å². The number of nitrogens with one attached hydrogen (secondary N) is 1. The number of aromatic amines is 1. The Kier molecular flexibility index (Phi) is 4.47. The molecular weight excluding hydrogens is 409 g/mol. The highest BCUT2D eigenvalue weighted by Crippen LogP contribution is 2.34. The van der Waals surface area contributed by atoms with Gasteiger partial charge in [0.1, 0.15) is 5.65 Å². The third-order valence-corrected chi connectivity index (χ3v) is 5.71. The second-order valence-electron chi connectivity index (χ2n) is 7.72. The van der Waals surface area contributed by atoms with E-state index >= 15 is 0 Å². The number of carbonyl (C=O) groups excluding carboxylic acids is 1. The normalized spacial score (nSPS) is 15.8. The monoisotopic (exact) mass is 428 g/mol. The van der Waals surface area contributed by atoms with Gasteiger partial charge in [-0.3, -0.25) is 4.79 Å². The number of hydrogen-bond acceptors (Lipinski definition) is 4. The molecule has 0 bridgehead atoms. The molecule has 0 aromatic carbocycles. The summed E-state index contributed by atoms with van der Waals surface area (Å²) in [6, 6.07) is 4.62. The minimum Gasteiger partial charge on any atom is -0.346 e. The van der Waals surface area contributed by atoms with Crippen molar-refractivity contribution < 1.29 is 18.0 Å². The van der Waals surface area contributed by atoms with E-state index in [4.69, 9.17) is 0 Å². The first-order valence-electron chi connectivity index (χ1n) is 9.81. The number of pyridine rings is 2. The maximum Gasteiger partial charge on any atom is 0.417 e. The number of alkyl halides is 3. The minimum absolute atomic E-state index is 0.0970. The van der Waals surface area contributed by atoms with Crippen LogP contribution in [-0.4, -0.2) is 68.5 Å². The van der Waals surface area contributed by atoms with E-state index < -0.39 is 11.7 Å². The number of likely N-dealkylation sites (N-methyl/N-ethyl adjacent to an activating group) is 1. The number of H-pyrrole nitrogens is 1. The molecular formula is C21H19F3N6O. The van der Waals surface area contributed by atoms with Crippen LogP contribution in [0.1, 0.15) is 15.9 Å². The quantitative estimate of drug-likeness (QED) is 0.532. The molecule has 5 rings (SSSR count). The van der Waals surface area contributed by atoms with Gasteiger partial charge in [0, 0.05) is 55.7 Å². The van der Waals surface area contributed by atoms with Gasteiger partial charge in [0.25, 0.3) is 5.91 Å². The summed E-state index contributed by atoms with van der Waals surface area (Å²) in [5.74, 6) is -0.0970. The minimum atomic E-state index is -4.48. The number of aromatic nitrogens is 4. The van der Waals surface area contributed by atoms with Crippen molar-refractivity contribution >= 4 is 22.5 Å². The largest absolute Gasteiger partial charge is 0.417 e. The average Bonchev–Trinajstić information content (AvgIpc) is 3.36. The van der Waals surface area contributed by atoms with Crippen LogP contribution in [0.25, 0.3) is 27.7 Å². The number of rotatable bonds is 2. The predicted molar refractivity (Wildman–Crippen MR) is 109 cm³/mol. The van der Waals surface area contributed by atoms with Crippen LogP contribution in [0, 0.1) is 0 Å². The van der Waals surface area contributed by atoms with Crippen LogP contribution in [0.3, 0.4) is 0 Å². The number of nitrogens with zero attached hydrogens (tertiary/aromatic N) is 5. The summed E-state index contributed by atoms with van der Waals surface area (Å²) >= 11 is 0. The fourth-order valence-electron chi connectivity index (χ4n) is 3.89. The Labute approximate surface area is 175 Å². The van der Waals surface area contributed by atoms with E-state index in [1.165, 1.54) is 6.20 Å². The van der Waals surface area contributed by atoms with Gasteiger partial charge in [-0.05, 0) is 30.8 Å². The summed E-state index contributed by atoms with van der Waals surface area (Å²) in [5.41, 5.74) is 1.89. The van der Waals surface area contributed by atoms with E-state index in [1.54, 1.807) is 33.9 Å². The first kappa shape index (κ1) is 19.6. The number of fused-ring (bicyclic) bond motifs is 2. The zero-order valence-electron chi connectivity index (χ0n) is 16.6. The van der Waals surface area contributed by atoms with E-state index in [2.05, 4.69) is 20.0 Å². The molecule has 0 unspecified atom stereocenters. The molecule has 7 nitrogen and oxygen atoms in total. The van der Waals surface area contributed by atoms with Crippen molar-refractivity contribution in [3.8, 4) is 11.1 Å². The number of amides is 1. The van der Waals surface area contributed by atoms with Crippen molar-refractivity contribution in [2.45, 2.75) is 6.18 Å². The third-order valence-electron chi connectivity index (χ3n) is 5.71. The second-order valence-corrected chi connectivity index (χ2v) is 7.72. The van der Waals surface area contributed by atoms with Crippen molar-refractivity contribution in [3.63, 3.8) is 0 Å². The predicted octanol–water partition coefficient (Wildman–Crippen LogP) is 3.28. The number of hydrogen-bond donors (Lipinski definition) is 1. The van der Waals surface area contributed by atoms with Crippen LogP contribution in [0.15, 0.2) is 43.0 Å². The van der Waals surface area contributed by atoms with Crippen molar-refractivity contribution in [3.05, 3.63) is 54.1 Å². The molecule has 1 aliphatic rings. The zero-order chi connectivity index (χ0) is 21.8. The molecule has 1 fully saturated rings. The van der Waals surface area contributed by atoms with Gasteiger partial charge >= 0.3 is 6.18 Å². The summed E-state index contributed by atoms with van der Waals surface area (Å²) in [6.45, 7) is 2.89. The van der Waals surface area contributed by atoms with Gasteiger partial charge in [0.05, 0.1) is 22.8 Å². The average molecular weight is 428 g/mol. The molecule has 0 aliphatic carbocycles. The smallest absolute Gasteiger partial charge is 0.346 e. The van der Waals surface area contributed by atoms with Gasteiger partial charge in [-0.25, -0.2) is 9.50 Å². The van der Waals surface area contributed by atoms with E-state index in [0.29, 0.717) is 46.3 Å². The molecule has 1 amide bonds. The van der Waals surface area contributed by atoms with Gasteiger partial charge in [-0.2, -0.15) is 18.3 Å². The summed E-state index contributed by atoms with van der Waals surface area (Å²) in [7, 11) is 2.02. The highest BCUT2D eigenvalue weighted by Gasteiger charge is 2.31. The molecule has 0 atom stereocenters. The lowest BCUT2D eigenvalue weighted by Crippen LogP contribution is -2.47. The SMILES string of the molecule is CN1CCN(C(=O)c2cnn3ccc(-c4c[nH]c5ncc(C(F)(F)F)cc45)cc23)CC1. The maximum atomic E-state index is 13.2. The number of carbonyl (C=O) groups is 1. The molecule has 160 valence electrons. The molecule has 0 radical (unpaired) electrons. The molecule has 4 aromatic heterocycles. The standard InChI is InChI=1S/C21H19F3N6O/c1-28-4-6-29(7-5-28)20(31)17-12-27-30-3-2-13(8-18(17)30)16-11-26-19-15(16)9-14(10-25-19)21(22,23)24/h2-3,8-12H,4-7H2,1H3,(H,25,26). The molecule has 1 aliphatic heterocycles. The van der Waals surface area contributed by atoms with E-state index in [-0.39, 0.29) is 5.91 Å². The van der Waals surface area contributed by atoms with Crippen LogP contribution in [-0.2, 0) is 6.18 Å². The molecule has 4 aromatic rings. The lowest BCUT2D eigenvalue weighted by molar-refractivity contribution is -0.137. The van der Waals surface area contributed by atoms with Gasteiger partial charge in [0.15, 0.2) is 0 Å².